The Bertz CT molecular complexity index is 593. The van der Waals surface area contributed by atoms with E-state index in [0.717, 1.165) is 0 Å². The summed E-state index contributed by atoms with van der Waals surface area (Å²) in [4.78, 5) is 21.8. The standard InChI is InChI=1S/C11H6BrNO5/c12-8-1-2-10(9(5-8)13(15)16)18-11(14)7-3-4-17-6-7/h1-6H. The second-order valence-electron chi connectivity index (χ2n) is 3.27. The predicted octanol–water partition coefficient (Wildman–Crippen LogP) is 3.17. The van der Waals surface area contributed by atoms with Crippen molar-refractivity contribution in [3.8, 4) is 5.75 Å². The number of hydrogen-bond acceptors (Lipinski definition) is 5. The summed E-state index contributed by atoms with van der Waals surface area (Å²) in [6.07, 6.45) is 2.51. The molecular weight excluding hydrogens is 306 g/mol. The zero-order valence-corrected chi connectivity index (χ0v) is 10.4. The largest absolute Gasteiger partial charge is 0.472 e. The maximum absolute atomic E-state index is 11.6. The molecule has 6 nitrogen and oxygen atoms in total. The average molecular weight is 312 g/mol. The monoisotopic (exact) mass is 311 g/mol. The van der Waals surface area contributed by atoms with Crippen molar-refractivity contribution in [1.29, 1.82) is 0 Å². The molecule has 0 aliphatic heterocycles. The van der Waals surface area contributed by atoms with Crippen LogP contribution < -0.4 is 4.74 Å². The Morgan fingerprint density at radius 3 is 2.78 bits per heavy atom. The highest BCUT2D eigenvalue weighted by atomic mass is 79.9. The summed E-state index contributed by atoms with van der Waals surface area (Å²) in [5.41, 5.74) is -0.103. The molecular formula is C11H6BrNO5. The molecule has 0 atom stereocenters. The van der Waals surface area contributed by atoms with Gasteiger partial charge in [0, 0.05) is 10.5 Å². The lowest BCUT2D eigenvalue weighted by atomic mass is 10.3. The zero-order valence-electron chi connectivity index (χ0n) is 8.83. The van der Waals surface area contributed by atoms with Crippen molar-refractivity contribution in [2.75, 3.05) is 0 Å². The summed E-state index contributed by atoms with van der Waals surface area (Å²) in [6, 6.07) is 5.57. The van der Waals surface area contributed by atoms with Crippen LogP contribution in [0.1, 0.15) is 10.4 Å². The van der Waals surface area contributed by atoms with Gasteiger partial charge in [-0.2, -0.15) is 0 Å². The van der Waals surface area contributed by atoms with Gasteiger partial charge >= 0.3 is 11.7 Å². The molecule has 0 bridgehead atoms. The van der Waals surface area contributed by atoms with Crippen LogP contribution in [0.15, 0.2) is 45.7 Å². The normalized spacial score (nSPS) is 10.1. The highest BCUT2D eigenvalue weighted by molar-refractivity contribution is 9.10. The predicted molar refractivity (Wildman–Crippen MR) is 64.5 cm³/mol. The molecule has 0 aliphatic rings. The molecule has 0 amide bonds. The van der Waals surface area contributed by atoms with Crippen LogP contribution in [0.25, 0.3) is 0 Å². The van der Waals surface area contributed by atoms with E-state index in [0.29, 0.717) is 4.47 Å². The lowest BCUT2D eigenvalue weighted by Gasteiger charge is -2.03. The van der Waals surface area contributed by atoms with Gasteiger partial charge in [0.1, 0.15) is 6.26 Å². The molecule has 0 unspecified atom stereocenters. The summed E-state index contributed by atoms with van der Waals surface area (Å²) in [5.74, 6) is -0.830. The zero-order chi connectivity index (χ0) is 13.1. The molecule has 1 heterocycles. The summed E-state index contributed by atoms with van der Waals surface area (Å²) in [7, 11) is 0. The van der Waals surface area contributed by atoms with Gasteiger partial charge in [0.15, 0.2) is 0 Å². The van der Waals surface area contributed by atoms with Crippen LogP contribution in [0.4, 0.5) is 5.69 Å². The molecule has 0 fully saturated rings. The maximum Gasteiger partial charge on any atom is 0.347 e. The van der Waals surface area contributed by atoms with Gasteiger partial charge in [0.25, 0.3) is 0 Å². The van der Waals surface area contributed by atoms with Gasteiger partial charge in [-0.25, -0.2) is 4.79 Å². The Kier molecular flexibility index (Phi) is 3.42. The minimum Gasteiger partial charge on any atom is -0.472 e. The average Bonchev–Trinajstić information content (AvgIpc) is 2.84. The van der Waals surface area contributed by atoms with Gasteiger partial charge in [0.05, 0.1) is 16.7 Å². The van der Waals surface area contributed by atoms with E-state index in [1.165, 1.54) is 30.7 Å². The molecule has 92 valence electrons. The Morgan fingerprint density at radius 2 is 2.17 bits per heavy atom. The molecule has 0 spiro atoms. The van der Waals surface area contributed by atoms with Crippen LogP contribution in [0, 0.1) is 10.1 Å². The van der Waals surface area contributed by atoms with Crippen LogP contribution in [-0.2, 0) is 0 Å². The maximum atomic E-state index is 11.6. The number of furan rings is 1. The molecule has 0 saturated carbocycles. The van der Waals surface area contributed by atoms with E-state index in [1.807, 2.05) is 0 Å². The van der Waals surface area contributed by atoms with Crippen LogP contribution in [0.2, 0.25) is 0 Å². The van der Waals surface area contributed by atoms with Crippen molar-refractivity contribution in [3.05, 3.63) is 56.9 Å². The van der Waals surface area contributed by atoms with Crippen molar-refractivity contribution >= 4 is 27.6 Å². The summed E-state index contributed by atoms with van der Waals surface area (Å²) in [5, 5.41) is 10.8. The molecule has 2 rings (SSSR count). The molecule has 18 heavy (non-hydrogen) atoms. The van der Waals surface area contributed by atoms with E-state index in [-0.39, 0.29) is 17.0 Å². The first-order valence-electron chi connectivity index (χ1n) is 4.76. The number of nitro benzene ring substituents is 1. The third kappa shape index (κ3) is 2.57. The van der Waals surface area contributed by atoms with E-state index >= 15 is 0 Å². The van der Waals surface area contributed by atoms with Crippen LogP contribution in [0.5, 0.6) is 5.75 Å². The Balaban J connectivity index is 2.29. The molecule has 1 aromatic carbocycles. The number of esters is 1. The van der Waals surface area contributed by atoms with Crippen LogP contribution >= 0.6 is 15.9 Å². The second-order valence-corrected chi connectivity index (χ2v) is 4.19. The molecule has 0 N–H and O–H groups in total. The van der Waals surface area contributed by atoms with Gasteiger partial charge in [-0.15, -0.1) is 0 Å². The first kappa shape index (κ1) is 12.3. The number of carbonyl (C=O) groups is 1. The first-order chi connectivity index (χ1) is 8.58. The summed E-state index contributed by atoms with van der Waals surface area (Å²) in [6.45, 7) is 0. The molecule has 1 aromatic heterocycles. The SMILES string of the molecule is O=C(Oc1ccc(Br)cc1[N+](=O)[O-])c1ccoc1. The van der Waals surface area contributed by atoms with Crippen LogP contribution in [0.3, 0.4) is 0 Å². The lowest BCUT2D eigenvalue weighted by molar-refractivity contribution is -0.385. The quantitative estimate of drug-likeness (QED) is 0.376. The number of halogens is 1. The molecule has 0 radical (unpaired) electrons. The lowest BCUT2D eigenvalue weighted by Crippen LogP contribution is -2.08. The molecule has 7 heteroatoms. The first-order valence-corrected chi connectivity index (χ1v) is 5.55. The highest BCUT2D eigenvalue weighted by Crippen LogP contribution is 2.30. The number of hydrogen-bond donors (Lipinski definition) is 0. The van der Waals surface area contributed by atoms with Gasteiger partial charge in [-0.3, -0.25) is 10.1 Å². The summed E-state index contributed by atoms with van der Waals surface area (Å²) < 4.78 is 10.2. The number of benzene rings is 1. The third-order valence-electron chi connectivity index (χ3n) is 2.08. The molecule has 0 aliphatic carbocycles. The van der Waals surface area contributed by atoms with E-state index in [9.17, 15) is 14.9 Å². The third-order valence-corrected chi connectivity index (χ3v) is 2.57. The Labute approximate surface area is 109 Å². The summed E-state index contributed by atoms with van der Waals surface area (Å²) >= 11 is 3.11. The van der Waals surface area contributed by atoms with Gasteiger partial charge < -0.3 is 9.15 Å². The Morgan fingerprint density at radius 1 is 1.39 bits per heavy atom. The minimum atomic E-state index is -0.714. The van der Waals surface area contributed by atoms with E-state index in [2.05, 4.69) is 15.9 Å². The van der Waals surface area contributed by atoms with Gasteiger partial charge in [-0.1, -0.05) is 15.9 Å². The second kappa shape index (κ2) is 5.01. The number of ether oxygens (including phenoxy) is 1. The van der Waals surface area contributed by atoms with Gasteiger partial charge in [-0.05, 0) is 18.2 Å². The van der Waals surface area contributed by atoms with Crippen molar-refractivity contribution in [2.45, 2.75) is 0 Å². The van der Waals surface area contributed by atoms with Crippen molar-refractivity contribution in [3.63, 3.8) is 0 Å². The number of nitro groups is 1. The van der Waals surface area contributed by atoms with Gasteiger partial charge in [0.2, 0.25) is 5.75 Å². The number of carbonyl (C=O) groups excluding carboxylic acids is 1. The fourth-order valence-electron chi connectivity index (χ4n) is 1.26. The van der Waals surface area contributed by atoms with Crippen molar-refractivity contribution < 1.29 is 18.9 Å². The molecule has 0 saturated heterocycles. The smallest absolute Gasteiger partial charge is 0.347 e. The number of nitrogens with zero attached hydrogens (tertiary/aromatic N) is 1. The van der Waals surface area contributed by atoms with Crippen molar-refractivity contribution in [1.82, 2.24) is 0 Å². The van der Waals surface area contributed by atoms with E-state index in [4.69, 9.17) is 9.15 Å². The fraction of sp³-hybridized carbons (Fsp3) is 0. The fourth-order valence-corrected chi connectivity index (χ4v) is 1.61. The molecule has 2 aromatic rings. The number of rotatable bonds is 3. The Hall–Kier alpha value is -2.15. The minimum absolute atomic E-state index is 0.116. The van der Waals surface area contributed by atoms with E-state index < -0.39 is 10.9 Å². The topological polar surface area (TPSA) is 82.6 Å². The van der Waals surface area contributed by atoms with Crippen molar-refractivity contribution in [2.24, 2.45) is 0 Å². The highest BCUT2D eigenvalue weighted by Gasteiger charge is 2.19. The van der Waals surface area contributed by atoms with E-state index in [1.54, 1.807) is 6.07 Å². The van der Waals surface area contributed by atoms with Crippen LogP contribution in [-0.4, -0.2) is 10.9 Å².